The molecule has 1 unspecified atom stereocenters. The summed E-state index contributed by atoms with van der Waals surface area (Å²) in [7, 11) is -3.41. The molecule has 7 heteroatoms. The lowest BCUT2D eigenvalue weighted by Crippen LogP contribution is -2.43. The molecule has 2 fully saturated rings. The molecule has 1 atom stereocenters. The first kappa shape index (κ1) is 14.0. The highest BCUT2D eigenvalue weighted by atomic mass is 32.2. The summed E-state index contributed by atoms with van der Waals surface area (Å²) in [6, 6.07) is 0.678. The van der Waals surface area contributed by atoms with E-state index in [2.05, 4.69) is 15.3 Å². The molecule has 2 heterocycles. The van der Waals surface area contributed by atoms with Crippen LogP contribution in [0.4, 0.5) is 0 Å². The summed E-state index contributed by atoms with van der Waals surface area (Å²) in [5, 5.41) is 3.71. The number of hydrogen-bond acceptors (Lipinski definition) is 4. The number of nitrogens with one attached hydrogen (secondary N) is 2. The number of H-pyrrole nitrogens is 1. The van der Waals surface area contributed by atoms with E-state index in [9.17, 15) is 8.42 Å². The van der Waals surface area contributed by atoms with Crippen molar-refractivity contribution in [3.05, 3.63) is 12.0 Å². The van der Waals surface area contributed by atoms with Gasteiger partial charge in [-0.05, 0) is 45.1 Å². The first-order chi connectivity index (χ1) is 9.55. The molecule has 0 radical (unpaired) electrons. The van der Waals surface area contributed by atoms with Gasteiger partial charge in [-0.15, -0.1) is 0 Å². The Labute approximate surface area is 120 Å². The van der Waals surface area contributed by atoms with Crippen molar-refractivity contribution in [2.75, 3.05) is 19.6 Å². The van der Waals surface area contributed by atoms with Crippen molar-refractivity contribution in [3.8, 4) is 0 Å². The fourth-order valence-corrected chi connectivity index (χ4v) is 4.22. The maximum atomic E-state index is 12.5. The molecular formula is C13H22N4O2S. The van der Waals surface area contributed by atoms with Crippen LogP contribution in [-0.2, 0) is 10.0 Å². The number of aromatic amines is 1. The molecule has 0 aromatic carbocycles. The third-order valence-corrected chi connectivity index (χ3v) is 5.83. The first-order valence-electron chi connectivity index (χ1n) is 7.31. The number of nitrogens with zero attached hydrogens (tertiary/aromatic N) is 2. The van der Waals surface area contributed by atoms with Crippen LogP contribution in [0.3, 0.4) is 0 Å². The molecule has 6 nitrogen and oxygen atoms in total. The normalized spacial score (nSPS) is 24.9. The number of rotatable bonds is 5. The second-order valence-corrected chi connectivity index (χ2v) is 7.79. The molecule has 1 aromatic heterocycles. The second-order valence-electron chi connectivity index (χ2n) is 5.89. The van der Waals surface area contributed by atoms with E-state index in [1.165, 1.54) is 19.0 Å². The fraction of sp³-hybridized carbons (Fsp3) is 0.769. The van der Waals surface area contributed by atoms with E-state index in [4.69, 9.17) is 0 Å². The Morgan fingerprint density at radius 3 is 2.90 bits per heavy atom. The quantitative estimate of drug-likeness (QED) is 0.845. The first-order valence-corrected chi connectivity index (χ1v) is 8.75. The van der Waals surface area contributed by atoms with Crippen LogP contribution in [-0.4, -0.2) is 48.4 Å². The monoisotopic (exact) mass is 298 g/mol. The maximum Gasteiger partial charge on any atom is 0.260 e. The lowest BCUT2D eigenvalue weighted by atomic mass is 10.00. The molecule has 1 aromatic rings. The predicted octanol–water partition coefficient (Wildman–Crippen LogP) is 0.871. The number of aromatic nitrogens is 2. The van der Waals surface area contributed by atoms with Crippen LogP contribution >= 0.6 is 0 Å². The van der Waals surface area contributed by atoms with Crippen LogP contribution in [0.25, 0.3) is 0 Å². The largest absolute Gasteiger partial charge is 0.332 e. The van der Waals surface area contributed by atoms with Crippen LogP contribution in [0.1, 0.15) is 31.5 Å². The minimum atomic E-state index is -3.41. The average molecular weight is 298 g/mol. The Balaban J connectivity index is 1.65. The zero-order valence-electron chi connectivity index (χ0n) is 11.8. The highest BCUT2D eigenvalue weighted by Crippen LogP contribution is 2.24. The topological polar surface area (TPSA) is 78.1 Å². The van der Waals surface area contributed by atoms with Gasteiger partial charge in [0, 0.05) is 19.1 Å². The zero-order valence-corrected chi connectivity index (χ0v) is 12.6. The molecule has 1 saturated carbocycles. The van der Waals surface area contributed by atoms with Gasteiger partial charge in [-0.2, -0.15) is 4.31 Å². The molecule has 2 N–H and O–H groups in total. The van der Waals surface area contributed by atoms with E-state index in [0.717, 1.165) is 19.4 Å². The van der Waals surface area contributed by atoms with Crippen molar-refractivity contribution in [1.29, 1.82) is 0 Å². The van der Waals surface area contributed by atoms with Gasteiger partial charge < -0.3 is 10.3 Å². The van der Waals surface area contributed by atoms with Crippen LogP contribution in [0.2, 0.25) is 0 Å². The standard InChI is InChI=1S/C13H22N4O2S/c1-10-14-8-13(16-10)20(18,19)17-6-2-3-11(9-17)7-15-12-4-5-12/h8,11-12,15H,2-7,9H2,1H3,(H,14,16). The Morgan fingerprint density at radius 2 is 2.25 bits per heavy atom. The van der Waals surface area contributed by atoms with Crippen LogP contribution in [0.5, 0.6) is 0 Å². The SMILES string of the molecule is Cc1ncc(S(=O)(=O)N2CCCC(CNC3CC3)C2)[nH]1. The van der Waals surface area contributed by atoms with E-state index < -0.39 is 10.0 Å². The molecule has 3 rings (SSSR count). The van der Waals surface area contributed by atoms with Gasteiger partial charge in [0.25, 0.3) is 10.0 Å². The van der Waals surface area contributed by atoms with Crippen LogP contribution in [0.15, 0.2) is 11.2 Å². The summed E-state index contributed by atoms with van der Waals surface area (Å²) in [4.78, 5) is 6.82. The number of sulfonamides is 1. The lowest BCUT2D eigenvalue weighted by Gasteiger charge is -2.31. The van der Waals surface area contributed by atoms with Crippen molar-refractivity contribution >= 4 is 10.0 Å². The van der Waals surface area contributed by atoms with Gasteiger partial charge in [-0.1, -0.05) is 0 Å². The van der Waals surface area contributed by atoms with Crippen molar-refractivity contribution in [3.63, 3.8) is 0 Å². The van der Waals surface area contributed by atoms with Gasteiger partial charge >= 0.3 is 0 Å². The second kappa shape index (κ2) is 5.46. The van der Waals surface area contributed by atoms with Crippen molar-refractivity contribution < 1.29 is 8.42 Å². The van der Waals surface area contributed by atoms with Crippen molar-refractivity contribution in [2.45, 2.75) is 43.7 Å². The molecule has 0 bridgehead atoms. The number of imidazole rings is 1. The van der Waals surface area contributed by atoms with E-state index >= 15 is 0 Å². The van der Waals surface area contributed by atoms with Gasteiger partial charge in [0.15, 0.2) is 5.03 Å². The van der Waals surface area contributed by atoms with Gasteiger partial charge in [0.2, 0.25) is 0 Å². The summed E-state index contributed by atoms with van der Waals surface area (Å²) < 4.78 is 26.7. The highest BCUT2D eigenvalue weighted by Gasteiger charge is 2.32. The van der Waals surface area contributed by atoms with Gasteiger partial charge in [-0.25, -0.2) is 13.4 Å². The molecular weight excluding hydrogens is 276 g/mol. The van der Waals surface area contributed by atoms with Gasteiger partial charge in [0.1, 0.15) is 5.82 Å². The minimum Gasteiger partial charge on any atom is -0.332 e. The van der Waals surface area contributed by atoms with Gasteiger partial charge in [0.05, 0.1) is 6.20 Å². The maximum absolute atomic E-state index is 12.5. The molecule has 1 aliphatic carbocycles. The average Bonchev–Trinajstić information content (AvgIpc) is 3.16. The van der Waals surface area contributed by atoms with E-state index in [0.29, 0.717) is 30.9 Å². The molecule has 2 aliphatic rings. The number of aryl methyl sites for hydroxylation is 1. The van der Waals surface area contributed by atoms with Crippen LogP contribution < -0.4 is 5.32 Å². The molecule has 0 spiro atoms. The summed E-state index contributed by atoms with van der Waals surface area (Å²) in [5.74, 6) is 1.05. The Hall–Kier alpha value is -0.920. The molecule has 20 heavy (non-hydrogen) atoms. The summed E-state index contributed by atoms with van der Waals surface area (Å²) in [6.45, 7) is 3.91. The summed E-state index contributed by atoms with van der Waals surface area (Å²) in [5.41, 5.74) is 0. The smallest absolute Gasteiger partial charge is 0.260 e. The summed E-state index contributed by atoms with van der Waals surface area (Å²) in [6.07, 6.45) is 5.98. The van der Waals surface area contributed by atoms with Crippen LogP contribution in [0, 0.1) is 12.8 Å². The van der Waals surface area contributed by atoms with E-state index in [1.807, 2.05) is 0 Å². The molecule has 112 valence electrons. The third kappa shape index (κ3) is 3.05. The molecule has 0 amide bonds. The minimum absolute atomic E-state index is 0.214. The number of hydrogen-bond donors (Lipinski definition) is 2. The Kier molecular flexibility index (Phi) is 3.83. The predicted molar refractivity (Wildman–Crippen MR) is 75.8 cm³/mol. The zero-order chi connectivity index (χ0) is 14.2. The number of piperidine rings is 1. The lowest BCUT2D eigenvalue weighted by molar-refractivity contribution is 0.259. The Morgan fingerprint density at radius 1 is 1.45 bits per heavy atom. The van der Waals surface area contributed by atoms with E-state index in [1.54, 1.807) is 11.2 Å². The molecule has 1 aliphatic heterocycles. The Bertz CT molecular complexity index is 565. The van der Waals surface area contributed by atoms with E-state index in [-0.39, 0.29) is 5.03 Å². The third-order valence-electron chi connectivity index (χ3n) is 4.05. The van der Waals surface area contributed by atoms with Crippen molar-refractivity contribution in [2.24, 2.45) is 5.92 Å². The van der Waals surface area contributed by atoms with Crippen molar-refractivity contribution in [1.82, 2.24) is 19.6 Å². The summed E-state index contributed by atoms with van der Waals surface area (Å²) >= 11 is 0. The fourth-order valence-electron chi connectivity index (χ4n) is 2.70. The van der Waals surface area contributed by atoms with Gasteiger partial charge in [-0.3, -0.25) is 0 Å². The highest BCUT2D eigenvalue weighted by molar-refractivity contribution is 7.89. The molecule has 1 saturated heterocycles.